The maximum absolute atomic E-state index is 12.3. The molecule has 0 saturated carbocycles. The number of aryl methyl sites for hydroxylation is 2. The molecule has 0 radical (unpaired) electrons. The fraction of sp³-hybridized carbons (Fsp3) is 0.400. The molecule has 2 aromatic heterocycles. The Hall–Kier alpha value is -2.17. The molecule has 20 heavy (non-hydrogen) atoms. The Kier molecular flexibility index (Phi) is 4.17. The molecule has 2 heterocycles. The van der Waals surface area contributed by atoms with Crippen molar-refractivity contribution in [2.24, 2.45) is 5.10 Å². The lowest BCUT2D eigenvalue weighted by molar-refractivity contribution is 0.0948. The molecule has 5 nitrogen and oxygen atoms in total. The number of aromatic nitrogens is 2. The number of carbonyl (C=O) groups excluding carboxylic acids is 1. The molecule has 106 valence electrons. The number of hydrogen-bond donors (Lipinski definition) is 1. The van der Waals surface area contributed by atoms with E-state index in [-0.39, 0.29) is 5.91 Å². The number of amides is 1. The molecule has 2 aromatic rings. The zero-order valence-corrected chi connectivity index (χ0v) is 12.4. The fourth-order valence-electron chi connectivity index (χ4n) is 2.13. The molecule has 0 aromatic carbocycles. The summed E-state index contributed by atoms with van der Waals surface area (Å²) in [5, 5.41) is 4.16. The van der Waals surface area contributed by atoms with Crippen LogP contribution in [-0.4, -0.2) is 21.0 Å². The summed E-state index contributed by atoms with van der Waals surface area (Å²) >= 11 is 0. The van der Waals surface area contributed by atoms with Gasteiger partial charge in [0.1, 0.15) is 11.3 Å². The Morgan fingerprint density at radius 3 is 2.70 bits per heavy atom. The lowest BCUT2D eigenvalue weighted by Crippen LogP contribution is -2.22. The fourth-order valence-corrected chi connectivity index (χ4v) is 2.13. The Morgan fingerprint density at radius 1 is 1.35 bits per heavy atom. The van der Waals surface area contributed by atoms with Crippen LogP contribution in [0.3, 0.4) is 0 Å². The van der Waals surface area contributed by atoms with Crippen molar-refractivity contribution in [2.45, 2.75) is 40.5 Å². The van der Waals surface area contributed by atoms with Crippen LogP contribution in [0.15, 0.2) is 23.4 Å². The van der Waals surface area contributed by atoms with Gasteiger partial charge in [0, 0.05) is 11.9 Å². The SMILES string of the molecule is CCC(CC)=NNC(=O)c1c(C)nc2cc(C)ccn12. The van der Waals surface area contributed by atoms with Crippen LogP contribution in [0, 0.1) is 13.8 Å². The molecule has 0 spiro atoms. The van der Waals surface area contributed by atoms with Crippen LogP contribution in [0.1, 0.15) is 48.4 Å². The lowest BCUT2D eigenvalue weighted by Gasteiger charge is -2.04. The molecule has 0 aliphatic carbocycles. The van der Waals surface area contributed by atoms with E-state index in [0.29, 0.717) is 11.4 Å². The number of pyridine rings is 1. The summed E-state index contributed by atoms with van der Waals surface area (Å²) in [5.41, 5.74) is 6.74. The summed E-state index contributed by atoms with van der Waals surface area (Å²) < 4.78 is 1.80. The Labute approximate surface area is 118 Å². The smallest absolute Gasteiger partial charge is 0.290 e. The van der Waals surface area contributed by atoms with Gasteiger partial charge in [0.15, 0.2) is 0 Å². The van der Waals surface area contributed by atoms with Crippen LogP contribution in [0.5, 0.6) is 0 Å². The number of carbonyl (C=O) groups is 1. The van der Waals surface area contributed by atoms with Crippen LogP contribution < -0.4 is 5.43 Å². The van der Waals surface area contributed by atoms with E-state index in [1.807, 2.05) is 46.0 Å². The van der Waals surface area contributed by atoms with E-state index >= 15 is 0 Å². The van der Waals surface area contributed by atoms with E-state index in [0.717, 1.165) is 29.8 Å². The minimum atomic E-state index is -0.224. The largest absolute Gasteiger partial charge is 0.295 e. The van der Waals surface area contributed by atoms with Gasteiger partial charge in [-0.05, 0) is 44.4 Å². The first kappa shape index (κ1) is 14.2. The molecule has 0 unspecified atom stereocenters. The third-order valence-electron chi connectivity index (χ3n) is 3.30. The number of hydrazone groups is 1. The molecule has 0 aliphatic rings. The number of hydrogen-bond acceptors (Lipinski definition) is 3. The van der Waals surface area contributed by atoms with E-state index in [1.54, 1.807) is 4.40 Å². The van der Waals surface area contributed by atoms with Gasteiger partial charge in [-0.25, -0.2) is 10.4 Å². The maximum atomic E-state index is 12.3. The van der Waals surface area contributed by atoms with Crippen LogP contribution in [0.4, 0.5) is 0 Å². The lowest BCUT2D eigenvalue weighted by atomic mass is 10.2. The average Bonchev–Trinajstić information content (AvgIpc) is 2.74. The summed E-state index contributed by atoms with van der Waals surface area (Å²) in [7, 11) is 0. The number of rotatable bonds is 4. The minimum absolute atomic E-state index is 0.224. The number of nitrogens with zero attached hydrogens (tertiary/aromatic N) is 3. The van der Waals surface area contributed by atoms with Crippen molar-refractivity contribution < 1.29 is 4.79 Å². The van der Waals surface area contributed by atoms with Gasteiger partial charge in [0.05, 0.1) is 5.69 Å². The molecular weight excluding hydrogens is 252 g/mol. The van der Waals surface area contributed by atoms with Crippen molar-refractivity contribution in [1.29, 1.82) is 0 Å². The quantitative estimate of drug-likeness (QED) is 0.687. The van der Waals surface area contributed by atoms with Crippen LogP contribution in [0.2, 0.25) is 0 Å². The number of fused-ring (bicyclic) bond motifs is 1. The van der Waals surface area contributed by atoms with Gasteiger partial charge >= 0.3 is 0 Å². The van der Waals surface area contributed by atoms with E-state index in [4.69, 9.17) is 0 Å². The van der Waals surface area contributed by atoms with Crippen molar-refractivity contribution in [1.82, 2.24) is 14.8 Å². The highest BCUT2D eigenvalue weighted by molar-refractivity contribution is 5.95. The summed E-state index contributed by atoms with van der Waals surface area (Å²) in [4.78, 5) is 16.7. The molecule has 0 bridgehead atoms. The second-order valence-corrected chi connectivity index (χ2v) is 4.80. The number of nitrogens with one attached hydrogen (secondary N) is 1. The van der Waals surface area contributed by atoms with Crippen LogP contribution in [0.25, 0.3) is 5.65 Å². The predicted octanol–water partition coefficient (Wildman–Crippen LogP) is 2.86. The predicted molar refractivity (Wildman–Crippen MR) is 80.1 cm³/mol. The zero-order valence-electron chi connectivity index (χ0n) is 12.4. The van der Waals surface area contributed by atoms with Gasteiger partial charge in [-0.1, -0.05) is 13.8 Å². The van der Waals surface area contributed by atoms with E-state index in [9.17, 15) is 4.79 Å². The van der Waals surface area contributed by atoms with Gasteiger partial charge in [0.2, 0.25) is 0 Å². The first-order valence-electron chi connectivity index (χ1n) is 6.87. The molecule has 5 heteroatoms. The molecule has 1 amide bonds. The normalized spacial score (nSPS) is 10.6. The maximum Gasteiger partial charge on any atom is 0.290 e. The summed E-state index contributed by atoms with van der Waals surface area (Å²) in [6, 6.07) is 3.91. The van der Waals surface area contributed by atoms with Gasteiger partial charge in [-0.3, -0.25) is 9.20 Å². The van der Waals surface area contributed by atoms with Gasteiger partial charge in [-0.15, -0.1) is 0 Å². The van der Waals surface area contributed by atoms with Crippen molar-refractivity contribution in [3.8, 4) is 0 Å². The molecule has 2 rings (SSSR count). The Bertz CT molecular complexity index is 664. The molecule has 1 N–H and O–H groups in total. The minimum Gasteiger partial charge on any atom is -0.295 e. The van der Waals surface area contributed by atoms with Crippen molar-refractivity contribution in [3.05, 3.63) is 35.3 Å². The first-order valence-corrected chi connectivity index (χ1v) is 6.87. The molecule has 0 aliphatic heterocycles. The topological polar surface area (TPSA) is 58.8 Å². The third kappa shape index (κ3) is 2.71. The highest BCUT2D eigenvalue weighted by Gasteiger charge is 2.16. The number of imidazole rings is 1. The van der Waals surface area contributed by atoms with E-state index in [1.165, 1.54) is 0 Å². The van der Waals surface area contributed by atoms with Crippen LogP contribution in [-0.2, 0) is 0 Å². The van der Waals surface area contributed by atoms with Crippen LogP contribution >= 0.6 is 0 Å². The van der Waals surface area contributed by atoms with Crippen molar-refractivity contribution >= 4 is 17.3 Å². The Morgan fingerprint density at radius 2 is 2.05 bits per heavy atom. The second kappa shape index (κ2) is 5.86. The second-order valence-electron chi connectivity index (χ2n) is 4.80. The van der Waals surface area contributed by atoms with Crippen molar-refractivity contribution in [3.63, 3.8) is 0 Å². The highest BCUT2D eigenvalue weighted by atomic mass is 16.2. The molecule has 0 saturated heterocycles. The Balaban J connectivity index is 2.35. The van der Waals surface area contributed by atoms with E-state index < -0.39 is 0 Å². The standard InChI is InChI=1S/C15H20N4O/c1-5-12(6-2)17-18-15(20)14-11(4)16-13-9-10(3)7-8-19(13)14/h7-9H,5-6H2,1-4H3,(H,18,20). The molecule has 0 atom stereocenters. The average molecular weight is 272 g/mol. The van der Waals surface area contributed by atoms with Crippen molar-refractivity contribution in [2.75, 3.05) is 0 Å². The molecule has 0 fully saturated rings. The first-order chi connectivity index (χ1) is 9.56. The van der Waals surface area contributed by atoms with Gasteiger partial charge < -0.3 is 0 Å². The zero-order chi connectivity index (χ0) is 14.7. The van der Waals surface area contributed by atoms with Gasteiger partial charge in [0.25, 0.3) is 5.91 Å². The molecular formula is C15H20N4O. The summed E-state index contributed by atoms with van der Waals surface area (Å²) in [6.07, 6.45) is 3.54. The van der Waals surface area contributed by atoms with E-state index in [2.05, 4.69) is 15.5 Å². The van der Waals surface area contributed by atoms with Gasteiger partial charge in [-0.2, -0.15) is 5.10 Å². The third-order valence-corrected chi connectivity index (χ3v) is 3.30. The monoisotopic (exact) mass is 272 g/mol. The highest BCUT2D eigenvalue weighted by Crippen LogP contribution is 2.13. The summed E-state index contributed by atoms with van der Waals surface area (Å²) in [6.45, 7) is 7.89. The summed E-state index contributed by atoms with van der Waals surface area (Å²) in [5.74, 6) is -0.224.